The molecule has 28 heavy (non-hydrogen) atoms. The van der Waals surface area contributed by atoms with E-state index in [9.17, 15) is 8.78 Å². The molecule has 0 bridgehead atoms. The summed E-state index contributed by atoms with van der Waals surface area (Å²) in [6, 6.07) is 3.28. The fourth-order valence-electron chi connectivity index (χ4n) is 3.56. The Hall–Kier alpha value is -1.72. The molecule has 10 heteroatoms. The quantitative estimate of drug-likeness (QED) is 0.280. The number of nitrogens with two attached hydrogens (primary N) is 1. The number of fused-ring (bicyclic) bond motifs is 1. The summed E-state index contributed by atoms with van der Waals surface area (Å²) in [4.78, 5) is 8.40. The van der Waals surface area contributed by atoms with Gasteiger partial charge in [-0.15, -0.1) is 0 Å². The molecule has 4 rings (SSSR count). The van der Waals surface area contributed by atoms with Gasteiger partial charge in [0.2, 0.25) is 5.28 Å². The van der Waals surface area contributed by atoms with Crippen molar-refractivity contribution in [3.8, 4) is 0 Å². The number of rotatable bonds is 5. The summed E-state index contributed by atoms with van der Waals surface area (Å²) < 4.78 is 35.3. The summed E-state index contributed by atoms with van der Waals surface area (Å²) in [5.41, 5.74) is 7.33. The summed E-state index contributed by atoms with van der Waals surface area (Å²) >= 11 is 8.14. The first kappa shape index (κ1) is 19.6. The van der Waals surface area contributed by atoms with Crippen LogP contribution < -0.4 is 11.1 Å². The van der Waals surface area contributed by atoms with Crippen LogP contribution >= 0.6 is 34.2 Å². The zero-order valence-electron chi connectivity index (χ0n) is 14.6. The predicted molar refractivity (Wildman–Crippen MR) is 112 cm³/mol. The van der Waals surface area contributed by atoms with Crippen molar-refractivity contribution in [2.24, 2.45) is 5.73 Å². The van der Waals surface area contributed by atoms with Crippen molar-refractivity contribution in [3.05, 3.63) is 50.9 Å². The van der Waals surface area contributed by atoms with E-state index in [4.69, 9.17) is 21.8 Å². The molecule has 0 aliphatic heterocycles. The van der Waals surface area contributed by atoms with E-state index >= 15 is 0 Å². The monoisotopic (exact) mass is 519 g/mol. The van der Waals surface area contributed by atoms with Gasteiger partial charge in [-0.2, -0.15) is 13.8 Å². The minimum atomic E-state index is -2.77. The maximum absolute atomic E-state index is 14.2. The fraction of sp³-hybridized carbons (Fsp3) is 0.333. The molecule has 1 aliphatic carbocycles. The van der Waals surface area contributed by atoms with E-state index in [1.165, 1.54) is 0 Å². The molecule has 148 valence electrons. The highest BCUT2D eigenvalue weighted by Crippen LogP contribution is 2.41. The van der Waals surface area contributed by atoms with Gasteiger partial charge < -0.3 is 15.5 Å². The number of hydrogen-bond acceptors (Lipinski definition) is 5. The normalized spacial score (nSPS) is 19.6. The highest BCUT2D eigenvalue weighted by atomic mass is 127. The maximum Gasteiger partial charge on any atom is 0.319 e. The van der Waals surface area contributed by atoms with Crippen LogP contribution in [-0.4, -0.2) is 20.6 Å². The minimum absolute atomic E-state index is 0.0156. The molecular weight excluding hydrogens is 503 g/mol. The molecule has 3 aromatic rings. The topological polar surface area (TPSA) is 81.9 Å². The lowest BCUT2D eigenvalue weighted by atomic mass is 9.87. The third-order valence-corrected chi connectivity index (χ3v) is 6.06. The Morgan fingerprint density at radius 2 is 2.14 bits per heavy atom. The van der Waals surface area contributed by atoms with Gasteiger partial charge in [0.05, 0.1) is 16.4 Å². The van der Waals surface area contributed by atoms with Crippen LogP contribution in [0.3, 0.4) is 0 Å². The third-order valence-electron chi connectivity index (χ3n) is 4.83. The van der Waals surface area contributed by atoms with Gasteiger partial charge in [0.1, 0.15) is 16.8 Å². The first-order valence-corrected chi connectivity index (χ1v) is 10.1. The minimum Gasteiger partial charge on any atom is -0.467 e. The van der Waals surface area contributed by atoms with Gasteiger partial charge in [-0.25, -0.2) is 4.98 Å². The zero-order valence-corrected chi connectivity index (χ0v) is 17.5. The van der Waals surface area contributed by atoms with Crippen molar-refractivity contribution in [3.63, 3.8) is 0 Å². The first-order valence-electron chi connectivity index (χ1n) is 8.69. The van der Waals surface area contributed by atoms with Crippen LogP contribution in [0.1, 0.15) is 36.8 Å². The lowest BCUT2D eigenvalue weighted by Gasteiger charge is -2.27. The lowest BCUT2D eigenvalue weighted by molar-refractivity contribution is 0.0705. The number of nitrogens with one attached hydrogen (secondary N) is 1. The Morgan fingerprint density at radius 1 is 1.36 bits per heavy atom. The van der Waals surface area contributed by atoms with Crippen LogP contribution in [-0.2, 0) is 6.54 Å². The molecule has 0 spiro atoms. The van der Waals surface area contributed by atoms with E-state index in [1.54, 1.807) is 18.4 Å². The molecule has 0 radical (unpaired) electrons. The second-order valence-electron chi connectivity index (χ2n) is 6.53. The number of nitrogens with zero attached hydrogens (tertiary/aromatic N) is 3. The Bertz CT molecular complexity index is 1020. The summed E-state index contributed by atoms with van der Waals surface area (Å²) in [7, 11) is 0. The highest BCUT2D eigenvalue weighted by Gasteiger charge is 2.33. The Balaban J connectivity index is 1.88. The fourth-order valence-corrected chi connectivity index (χ4v) is 4.76. The molecular formula is C18H17ClF2IN5O. The van der Waals surface area contributed by atoms with E-state index in [2.05, 4.69) is 15.3 Å². The largest absolute Gasteiger partial charge is 0.467 e. The van der Waals surface area contributed by atoms with E-state index < -0.39 is 6.55 Å². The van der Waals surface area contributed by atoms with Crippen molar-refractivity contribution in [1.29, 1.82) is 0 Å². The van der Waals surface area contributed by atoms with Crippen molar-refractivity contribution < 1.29 is 13.2 Å². The summed E-state index contributed by atoms with van der Waals surface area (Å²) in [6.45, 7) is -2.49. The first-order chi connectivity index (χ1) is 13.5. The van der Waals surface area contributed by atoms with Gasteiger partial charge in [-0.05, 0) is 59.2 Å². The second kappa shape index (κ2) is 7.96. The molecule has 3 N–H and O–H groups in total. The third kappa shape index (κ3) is 3.50. The van der Waals surface area contributed by atoms with E-state index in [-0.39, 0.29) is 35.1 Å². The van der Waals surface area contributed by atoms with Crippen LogP contribution in [0.25, 0.3) is 11.0 Å². The Kier molecular flexibility index (Phi) is 5.57. The van der Waals surface area contributed by atoms with Crippen LogP contribution in [0.5, 0.6) is 0 Å². The van der Waals surface area contributed by atoms with Crippen molar-refractivity contribution in [2.75, 3.05) is 5.32 Å². The molecule has 6 nitrogen and oxygen atoms in total. The summed E-state index contributed by atoms with van der Waals surface area (Å²) in [5.74, 6) is 0.639. The standard InChI is InChI=1S/C18H17ClF2IN5O/c19-17-25-13-12(22)14(10-5-1-2-6-11(10)23)27(18(20)21)15(13)16(26-17)24-8-9-4-3-7-28-9/h1-4,7,10-11,18H,5-6,8,23H2,(H,24,25,26)/t10-,11-/m0/s1. The van der Waals surface area contributed by atoms with Gasteiger partial charge in [-0.3, -0.25) is 4.57 Å². The molecule has 0 amide bonds. The van der Waals surface area contributed by atoms with Crippen molar-refractivity contribution in [2.45, 2.75) is 37.9 Å². The summed E-state index contributed by atoms with van der Waals surface area (Å²) in [5, 5.41) is 3.03. The van der Waals surface area contributed by atoms with Crippen molar-refractivity contribution >= 4 is 51.0 Å². The van der Waals surface area contributed by atoms with Crippen LogP contribution in [0.15, 0.2) is 35.0 Å². The summed E-state index contributed by atoms with van der Waals surface area (Å²) in [6.07, 6.45) is 6.74. The number of aromatic nitrogens is 3. The molecule has 0 saturated heterocycles. The second-order valence-corrected chi connectivity index (χ2v) is 7.95. The molecule has 0 aromatic carbocycles. The van der Waals surface area contributed by atoms with E-state index in [0.717, 1.165) is 4.57 Å². The van der Waals surface area contributed by atoms with E-state index in [0.29, 0.717) is 33.4 Å². The molecule has 1 aliphatic rings. The van der Waals surface area contributed by atoms with Crippen LogP contribution in [0.2, 0.25) is 5.28 Å². The molecule has 2 atom stereocenters. The smallest absolute Gasteiger partial charge is 0.319 e. The van der Waals surface area contributed by atoms with Crippen molar-refractivity contribution in [1.82, 2.24) is 14.5 Å². The molecule has 3 heterocycles. The maximum atomic E-state index is 14.2. The number of hydrogen-bond donors (Lipinski definition) is 2. The zero-order chi connectivity index (χ0) is 19.8. The number of alkyl halides is 2. The Morgan fingerprint density at radius 3 is 2.82 bits per heavy atom. The van der Waals surface area contributed by atoms with Crippen LogP contribution in [0.4, 0.5) is 14.6 Å². The van der Waals surface area contributed by atoms with Gasteiger partial charge in [-0.1, -0.05) is 12.2 Å². The lowest BCUT2D eigenvalue weighted by Crippen LogP contribution is -2.31. The van der Waals surface area contributed by atoms with E-state index in [1.807, 2.05) is 34.7 Å². The van der Waals surface area contributed by atoms with Gasteiger partial charge in [0, 0.05) is 17.7 Å². The van der Waals surface area contributed by atoms with Gasteiger partial charge in [0.15, 0.2) is 5.82 Å². The number of halogens is 4. The molecule has 0 unspecified atom stereocenters. The van der Waals surface area contributed by atoms with Gasteiger partial charge >= 0.3 is 6.55 Å². The average Bonchev–Trinajstić information content (AvgIpc) is 3.27. The highest BCUT2D eigenvalue weighted by molar-refractivity contribution is 14.1. The molecule has 0 saturated carbocycles. The predicted octanol–water partition coefficient (Wildman–Crippen LogP) is 5.05. The molecule has 0 fully saturated rings. The molecule has 3 aromatic heterocycles. The average molecular weight is 520 g/mol. The SMILES string of the molecule is N[C@H]1CC=CC[C@@H]1c1c(I)c2nc(Cl)nc(NCc3ccco3)c2n1C(F)F. The number of furan rings is 1. The number of anilines is 1. The van der Waals surface area contributed by atoms with Crippen LogP contribution in [0, 0.1) is 3.57 Å². The Labute approximate surface area is 178 Å². The number of allylic oxidation sites excluding steroid dienone is 1. The van der Waals surface area contributed by atoms with Gasteiger partial charge in [0.25, 0.3) is 0 Å².